The molecule has 3 aliphatic heterocycles. The summed E-state index contributed by atoms with van der Waals surface area (Å²) >= 11 is 0. The van der Waals surface area contributed by atoms with E-state index < -0.39 is 24.5 Å². The fourth-order valence-corrected chi connectivity index (χ4v) is 5.67. The third-order valence-electron chi connectivity index (χ3n) is 8.06. The zero-order chi connectivity index (χ0) is 28.6. The summed E-state index contributed by atoms with van der Waals surface area (Å²) in [6, 6.07) is 9.48. The predicted octanol–water partition coefficient (Wildman–Crippen LogP) is 2.75. The molecule has 0 radical (unpaired) electrons. The van der Waals surface area contributed by atoms with E-state index in [-0.39, 0.29) is 36.0 Å². The number of carboxylic acids is 1. The minimum Gasteiger partial charge on any atom is -0.507 e. The number of hydrogen-bond donors (Lipinski definition) is 3. The highest BCUT2D eigenvalue weighted by Gasteiger charge is 2.35. The van der Waals surface area contributed by atoms with Gasteiger partial charge in [0.05, 0.1) is 11.7 Å². The standard InChI is InChI=1S/C30H39N3O7/c1-18(2)23-13-24(25(35)14-26(23)39-28-12-22(34)11-27(40-28)30(37)38)29(36)33-16-20-5-4-19(10-21(20)17-33)15-32-8-6-31(3)7-9-32/h4-5,10,13-14,18,22,27-28,34-35H,6-9,11-12,15-17H2,1-3H3,(H,37,38). The maximum absolute atomic E-state index is 13.6. The molecule has 10 nitrogen and oxygen atoms in total. The quantitative estimate of drug-likeness (QED) is 0.475. The fourth-order valence-electron chi connectivity index (χ4n) is 5.67. The van der Waals surface area contributed by atoms with Crippen molar-refractivity contribution in [3.05, 3.63) is 58.1 Å². The van der Waals surface area contributed by atoms with Gasteiger partial charge in [0.15, 0.2) is 6.10 Å². The lowest BCUT2D eigenvalue weighted by Crippen LogP contribution is -2.43. The molecule has 2 saturated heterocycles. The highest BCUT2D eigenvalue weighted by molar-refractivity contribution is 5.97. The summed E-state index contributed by atoms with van der Waals surface area (Å²) in [6.07, 6.45) is -2.96. The van der Waals surface area contributed by atoms with Gasteiger partial charge in [-0.15, -0.1) is 0 Å². The highest BCUT2D eigenvalue weighted by atomic mass is 16.7. The number of phenols is 1. The Morgan fingerprint density at radius 2 is 1.77 bits per heavy atom. The minimum atomic E-state index is -1.18. The van der Waals surface area contributed by atoms with Gasteiger partial charge in [0, 0.05) is 64.7 Å². The van der Waals surface area contributed by atoms with Gasteiger partial charge in [-0.05, 0) is 41.3 Å². The molecule has 2 aromatic rings. The Balaban J connectivity index is 1.29. The van der Waals surface area contributed by atoms with Gasteiger partial charge in [-0.1, -0.05) is 32.0 Å². The molecule has 0 aliphatic carbocycles. The first kappa shape index (κ1) is 28.4. The number of phenolic OH excluding ortho intramolecular Hbond substituents is 1. The van der Waals surface area contributed by atoms with Gasteiger partial charge in [0.2, 0.25) is 6.29 Å². The first-order valence-electron chi connectivity index (χ1n) is 14.0. The number of hydrogen-bond acceptors (Lipinski definition) is 8. The van der Waals surface area contributed by atoms with Crippen LogP contribution in [0.5, 0.6) is 11.5 Å². The molecule has 0 saturated carbocycles. The number of fused-ring (bicyclic) bond motifs is 1. The summed E-state index contributed by atoms with van der Waals surface area (Å²) in [7, 11) is 2.15. The van der Waals surface area contributed by atoms with Crippen LogP contribution in [-0.4, -0.2) is 93.6 Å². The second-order valence-electron chi connectivity index (χ2n) is 11.5. The van der Waals surface area contributed by atoms with Gasteiger partial charge in [-0.3, -0.25) is 9.69 Å². The van der Waals surface area contributed by atoms with Crippen molar-refractivity contribution in [3.8, 4) is 11.5 Å². The molecular weight excluding hydrogens is 514 g/mol. The number of aliphatic hydroxyl groups excluding tert-OH is 1. The molecule has 3 atom stereocenters. The number of benzene rings is 2. The first-order chi connectivity index (χ1) is 19.1. The van der Waals surface area contributed by atoms with Crippen LogP contribution in [0.15, 0.2) is 30.3 Å². The van der Waals surface area contributed by atoms with Gasteiger partial charge in [-0.2, -0.15) is 0 Å². The number of rotatable bonds is 7. The van der Waals surface area contributed by atoms with E-state index in [4.69, 9.17) is 9.47 Å². The van der Waals surface area contributed by atoms with Crippen LogP contribution in [0.1, 0.15) is 65.2 Å². The average molecular weight is 554 g/mol. The maximum Gasteiger partial charge on any atom is 0.333 e. The predicted molar refractivity (Wildman–Crippen MR) is 147 cm³/mol. The fraction of sp³-hybridized carbons (Fsp3) is 0.533. The number of aromatic hydroxyl groups is 1. The third kappa shape index (κ3) is 6.25. The summed E-state index contributed by atoms with van der Waals surface area (Å²) in [6.45, 7) is 9.95. The summed E-state index contributed by atoms with van der Waals surface area (Å²) in [4.78, 5) is 31.5. The van der Waals surface area contributed by atoms with Crippen LogP contribution in [0.4, 0.5) is 0 Å². The summed E-state index contributed by atoms with van der Waals surface area (Å²) in [5.74, 6) is -1.41. The molecule has 40 heavy (non-hydrogen) atoms. The van der Waals surface area contributed by atoms with E-state index in [0.717, 1.165) is 43.9 Å². The zero-order valence-corrected chi connectivity index (χ0v) is 23.4. The largest absolute Gasteiger partial charge is 0.507 e. The smallest absolute Gasteiger partial charge is 0.333 e. The summed E-state index contributed by atoms with van der Waals surface area (Å²) in [5.41, 5.74) is 4.35. The second-order valence-corrected chi connectivity index (χ2v) is 11.5. The van der Waals surface area contributed by atoms with Crippen LogP contribution in [0, 0.1) is 0 Å². The Bertz CT molecular complexity index is 1260. The molecule has 2 aromatic carbocycles. The van der Waals surface area contributed by atoms with Crippen LogP contribution in [0.25, 0.3) is 0 Å². The van der Waals surface area contributed by atoms with Gasteiger partial charge < -0.3 is 34.6 Å². The normalized spacial score (nSPS) is 23.8. The van der Waals surface area contributed by atoms with Gasteiger partial charge in [0.1, 0.15) is 11.5 Å². The van der Waals surface area contributed by atoms with Gasteiger partial charge in [-0.25, -0.2) is 4.79 Å². The van der Waals surface area contributed by atoms with Crippen LogP contribution < -0.4 is 4.74 Å². The maximum atomic E-state index is 13.6. The zero-order valence-electron chi connectivity index (χ0n) is 23.4. The number of likely N-dealkylation sites (N-methyl/N-ethyl adjacent to an activating group) is 1. The Hall–Kier alpha value is -3.18. The molecule has 3 aliphatic rings. The third-order valence-corrected chi connectivity index (χ3v) is 8.06. The summed E-state index contributed by atoms with van der Waals surface area (Å²) in [5, 5.41) is 30.3. The van der Waals surface area contributed by atoms with Crippen molar-refractivity contribution in [3.63, 3.8) is 0 Å². The van der Waals surface area contributed by atoms with E-state index in [9.17, 15) is 24.9 Å². The molecule has 3 unspecified atom stereocenters. The lowest BCUT2D eigenvalue weighted by Gasteiger charge is -2.32. The van der Waals surface area contributed by atoms with E-state index >= 15 is 0 Å². The number of carbonyl (C=O) groups excluding carboxylic acids is 1. The molecule has 5 rings (SSSR count). The van der Waals surface area contributed by atoms with Crippen molar-refractivity contribution in [2.45, 2.75) is 70.7 Å². The van der Waals surface area contributed by atoms with Gasteiger partial charge >= 0.3 is 5.97 Å². The van der Waals surface area contributed by atoms with Crippen LogP contribution in [-0.2, 0) is 29.2 Å². The number of aliphatic hydroxyl groups is 1. The van der Waals surface area contributed by atoms with Gasteiger partial charge in [0.25, 0.3) is 5.91 Å². The molecule has 0 aromatic heterocycles. The first-order valence-corrected chi connectivity index (χ1v) is 14.0. The van der Waals surface area contributed by atoms with Crippen molar-refractivity contribution >= 4 is 11.9 Å². The number of amides is 1. The number of aliphatic carboxylic acids is 1. The molecule has 3 N–H and O–H groups in total. The van der Waals surface area contributed by atoms with Crippen LogP contribution >= 0.6 is 0 Å². The van der Waals surface area contributed by atoms with Crippen molar-refractivity contribution in [1.82, 2.24) is 14.7 Å². The number of carboxylic acid groups (broad SMARTS) is 1. The van der Waals surface area contributed by atoms with E-state index in [1.54, 1.807) is 11.0 Å². The topological polar surface area (TPSA) is 123 Å². The van der Waals surface area contributed by atoms with E-state index in [1.165, 1.54) is 11.6 Å². The van der Waals surface area contributed by atoms with E-state index in [2.05, 4.69) is 35.0 Å². The van der Waals surface area contributed by atoms with Crippen molar-refractivity contribution in [1.29, 1.82) is 0 Å². The lowest BCUT2D eigenvalue weighted by atomic mass is 9.98. The lowest BCUT2D eigenvalue weighted by molar-refractivity contribution is -0.195. The molecule has 10 heteroatoms. The Labute approximate surface area is 234 Å². The molecule has 2 fully saturated rings. The minimum absolute atomic E-state index is 0.0134. The van der Waals surface area contributed by atoms with Crippen molar-refractivity contribution in [2.24, 2.45) is 0 Å². The summed E-state index contributed by atoms with van der Waals surface area (Å²) < 4.78 is 11.4. The average Bonchev–Trinajstić information content (AvgIpc) is 3.33. The molecule has 216 valence electrons. The number of carbonyl (C=O) groups is 2. The molecule has 0 spiro atoms. The van der Waals surface area contributed by atoms with E-state index in [1.807, 2.05) is 13.8 Å². The number of nitrogens with zero attached hydrogens (tertiary/aromatic N) is 3. The Morgan fingerprint density at radius 3 is 2.48 bits per heavy atom. The number of ether oxygens (including phenoxy) is 2. The van der Waals surface area contributed by atoms with Crippen molar-refractivity contribution in [2.75, 3.05) is 33.2 Å². The SMILES string of the molecule is CC(C)c1cc(C(=O)N2Cc3ccc(CN4CCN(C)CC4)cc3C2)c(O)cc1OC1CC(O)CC(C(=O)O)O1. The van der Waals surface area contributed by atoms with Crippen molar-refractivity contribution < 1.29 is 34.4 Å². The highest BCUT2D eigenvalue weighted by Crippen LogP contribution is 2.37. The monoisotopic (exact) mass is 553 g/mol. The Kier molecular flexibility index (Phi) is 8.32. The number of piperazine rings is 1. The van der Waals surface area contributed by atoms with Crippen LogP contribution in [0.3, 0.4) is 0 Å². The second kappa shape index (κ2) is 11.7. The Morgan fingerprint density at radius 1 is 1.05 bits per heavy atom. The van der Waals surface area contributed by atoms with Crippen LogP contribution in [0.2, 0.25) is 0 Å². The van der Waals surface area contributed by atoms with E-state index in [0.29, 0.717) is 24.4 Å². The molecule has 0 bridgehead atoms. The molecular formula is C30H39N3O7. The molecule has 1 amide bonds. The molecule has 3 heterocycles.